The van der Waals surface area contributed by atoms with Gasteiger partial charge in [-0.3, -0.25) is 4.90 Å². The van der Waals surface area contributed by atoms with Crippen molar-refractivity contribution in [2.24, 2.45) is 4.99 Å². The van der Waals surface area contributed by atoms with E-state index in [2.05, 4.69) is 53.2 Å². The second-order valence-electron chi connectivity index (χ2n) is 6.63. The van der Waals surface area contributed by atoms with Crippen LogP contribution in [0.15, 0.2) is 29.3 Å². The molecular formula is C19H30N4O. The molecule has 132 valence electrons. The van der Waals surface area contributed by atoms with Gasteiger partial charge >= 0.3 is 0 Å². The van der Waals surface area contributed by atoms with Crippen molar-refractivity contribution in [2.75, 3.05) is 45.9 Å². The average Bonchev–Trinajstić information content (AvgIpc) is 3.10. The fraction of sp³-hybridized carbons (Fsp3) is 0.632. The molecule has 5 heteroatoms. The molecule has 5 nitrogen and oxygen atoms in total. The fourth-order valence-electron chi connectivity index (χ4n) is 3.55. The van der Waals surface area contributed by atoms with Crippen molar-refractivity contribution in [3.63, 3.8) is 0 Å². The summed E-state index contributed by atoms with van der Waals surface area (Å²) in [5, 5.41) is 3.47. The predicted octanol–water partition coefficient (Wildman–Crippen LogP) is 1.87. The van der Waals surface area contributed by atoms with Gasteiger partial charge in [0.05, 0.1) is 19.8 Å². The number of likely N-dealkylation sites (tertiary alicyclic amines) is 1. The zero-order chi connectivity index (χ0) is 16.8. The van der Waals surface area contributed by atoms with Gasteiger partial charge in [0.25, 0.3) is 0 Å². The summed E-state index contributed by atoms with van der Waals surface area (Å²) in [7, 11) is 0. The van der Waals surface area contributed by atoms with Crippen LogP contribution in [-0.2, 0) is 11.3 Å². The Labute approximate surface area is 145 Å². The van der Waals surface area contributed by atoms with Gasteiger partial charge in [-0.2, -0.15) is 0 Å². The molecule has 2 saturated heterocycles. The molecule has 1 atom stereocenters. The molecule has 0 bridgehead atoms. The van der Waals surface area contributed by atoms with E-state index in [0.717, 1.165) is 58.4 Å². The van der Waals surface area contributed by atoms with E-state index in [-0.39, 0.29) is 0 Å². The third-order valence-corrected chi connectivity index (χ3v) is 5.02. The van der Waals surface area contributed by atoms with E-state index in [0.29, 0.717) is 6.04 Å². The number of nitrogens with zero attached hydrogens (tertiary/aromatic N) is 3. The topological polar surface area (TPSA) is 40.1 Å². The van der Waals surface area contributed by atoms with Gasteiger partial charge in [0.2, 0.25) is 0 Å². The molecule has 0 radical (unpaired) electrons. The van der Waals surface area contributed by atoms with Crippen LogP contribution in [0.1, 0.15) is 24.5 Å². The van der Waals surface area contributed by atoms with E-state index in [1.54, 1.807) is 0 Å². The van der Waals surface area contributed by atoms with Crippen LogP contribution in [-0.4, -0.2) is 67.7 Å². The summed E-state index contributed by atoms with van der Waals surface area (Å²) in [6, 6.07) is 9.14. The lowest BCUT2D eigenvalue weighted by molar-refractivity contribution is 0.0195. The lowest BCUT2D eigenvalue weighted by Crippen LogP contribution is -2.46. The van der Waals surface area contributed by atoms with Gasteiger partial charge in [-0.05, 0) is 31.4 Å². The van der Waals surface area contributed by atoms with Crippen molar-refractivity contribution in [3.8, 4) is 0 Å². The molecule has 0 aromatic heterocycles. The monoisotopic (exact) mass is 330 g/mol. The Balaban J connectivity index is 1.63. The number of benzene rings is 1. The zero-order valence-corrected chi connectivity index (χ0v) is 15.0. The summed E-state index contributed by atoms with van der Waals surface area (Å²) in [5.41, 5.74) is 2.61. The SMILES string of the molecule is CCNC(=NCc1ccccc1C)N1CCC(N2CCOCC2)C1. The summed E-state index contributed by atoms with van der Waals surface area (Å²) in [4.78, 5) is 9.89. The fourth-order valence-corrected chi connectivity index (χ4v) is 3.55. The van der Waals surface area contributed by atoms with Crippen molar-refractivity contribution in [3.05, 3.63) is 35.4 Å². The molecular weight excluding hydrogens is 300 g/mol. The second-order valence-corrected chi connectivity index (χ2v) is 6.63. The molecule has 2 aliphatic heterocycles. The summed E-state index contributed by atoms with van der Waals surface area (Å²) in [6.45, 7) is 12.0. The number of hydrogen-bond donors (Lipinski definition) is 1. The Bertz CT molecular complexity index is 554. The zero-order valence-electron chi connectivity index (χ0n) is 15.0. The lowest BCUT2D eigenvalue weighted by atomic mass is 10.1. The number of morpholine rings is 1. The van der Waals surface area contributed by atoms with Crippen molar-refractivity contribution in [1.29, 1.82) is 0 Å². The Morgan fingerprint density at radius 3 is 2.79 bits per heavy atom. The predicted molar refractivity (Wildman–Crippen MR) is 98.4 cm³/mol. The third kappa shape index (κ3) is 4.28. The highest BCUT2D eigenvalue weighted by Crippen LogP contribution is 2.17. The van der Waals surface area contributed by atoms with E-state index in [9.17, 15) is 0 Å². The van der Waals surface area contributed by atoms with Crippen LogP contribution in [0.5, 0.6) is 0 Å². The molecule has 1 aromatic rings. The first-order valence-electron chi connectivity index (χ1n) is 9.17. The number of ether oxygens (including phenoxy) is 1. The van der Waals surface area contributed by atoms with Gasteiger partial charge in [0.1, 0.15) is 0 Å². The third-order valence-electron chi connectivity index (χ3n) is 5.02. The number of nitrogens with one attached hydrogen (secondary N) is 1. The van der Waals surface area contributed by atoms with Crippen LogP contribution in [0.25, 0.3) is 0 Å². The number of aliphatic imine (C=N–C) groups is 1. The van der Waals surface area contributed by atoms with Gasteiger partial charge < -0.3 is 15.0 Å². The van der Waals surface area contributed by atoms with Crippen LogP contribution in [0.2, 0.25) is 0 Å². The number of aryl methyl sites for hydroxylation is 1. The lowest BCUT2D eigenvalue weighted by Gasteiger charge is -2.32. The Kier molecular flexibility index (Phi) is 6.10. The quantitative estimate of drug-likeness (QED) is 0.676. The molecule has 1 aromatic carbocycles. The van der Waals surface area contributed by atoms with Crippen molar-refractivity contribution < 1.29 is 4.74 Å². The largest absolute Gasteiger partial charge is 0.379 e. The normalized spacial score (nSPS) is 22.8. The summed E-state index contributed by atoms with van der Waals surface area (Å²) >= 11 is 0. The standard InChI is InChI=1S/C19H30N4O/c1-3-20-19(21-14-17-7-5-4-6-16(17)2)23-9-8-18(15-23)22-10-12-24-13-11-22/h4-7,18H,3,8-15H2,1-2H3,(H,20,21). The highest BCUT2D eigenvalue weighted by molar-refractivity contribution is 5.80. The number of guanidine groups is 1. The van der Waals surface area contributed by atoms with Crippen LogP contribution in [0.3, 0.4) is 0 Å². The van der Waals surface area contributed by atoms with E-state index < -0.39 is 0 Å². The molecule has 0 spiro atoms. The molecule has 1 N–H and O–H groups in total. The molecule has 1 unspecified atom stereocenters. The molecule has 0 aliphatic carbocycles. The first kappa shape index (κ1) is 17.2. The highest BCUT2D eigenvalue weighted by Gasteiger charge is 2.30. The first-order chi connectivity index (χ1) is 11.8. The van der Waals surface area contributed by atoms with Gasteiger partial charge in [0, 0.05) is 38.8 Å². The highest BCUT2D eigenvalue weighted by atomic mass is 16.5. The second kappa shape index (κ2) is 8.49. The maximum absolute atomic E-state index is 5.48. The van der Waals surface area contributed by atoms with Crippen molar-refractivity contribution in [2.45, 2.75) is 32.9 Å². The molecule has 0 saturated carbocycles. The average molecular weight is 330 g/mol. The summed E-state index contributed by atoms with van der Waals surface area (Å²) < 4.78 is 5.48. The molecule has 2 heterocycles. The molecule has 0 amide bonds. The summed E-state index contributed by atoms with van der Waals surface area (Å²) in [6.07, 6.45) is 1.22. The molecule has 2 aliphatic rings. The smallest absolute Gasteiger partial charge is 0.194 e. The Hall–Kier alpha value is -1.59. The maximum Gasteiger partial charge on any atom is 0.194 e. The molecule has 24 heavy (non-hydrogen) atoms. The van der Waals surface area contributed by atoms with E-state index in [4.69, 9.17) is 9.73 Å². The minimum atomic E-state index is 0.635. The molecule has 3 rings (SSSR count). The van der Waals surface area contributed by atoms with Gasteiger partial charge in [-0.1, -0.05) is 24.3 Å². The minimum absolute atomic E-state index is 0.635. The van der Waals surface area contributed by atoms with Crippen LogP contribution in [0.4, 0.5) is 0 Å². The van der Waals surface area contributed by atoms with E-state index in [1.807, 2.05) is 0 Å². The van der Waals surface area contributed by atoms with E-state index >= 15 is 0 Å². The van der Waals surface area contributed by atoms with Crippen LogP contribution in [0, 0.1) is 6.92 Å². The van der Waals surface area contributed by atoms with Crippen molar-refractivity contribution in [1.82, 2.24) is 15.1 Å². The number of rotatable bonds is 4. The van der Waals surface area contributed by atoms with Crippen LogP contribution >= 0.6 is 0 Å². The van der Waals surface area contributed by atoms with E-state index in [1.165, 1.54) is 17.5 Å². The minimum Gasteiger partial charge on any atom is -0.379 e. The maximum atomic E-state index is 5.48. The summed E-state index contributed by atoms with van der Waals surface area (Å²) in [5.74, 6) is 1.05. The van der Waals surface area contributed by atoms with Gasteiger partial charge in [-0.25, -0.2) is 4.99 Å². The van der Waals surface area contributed by atoms with Gasteiger partial charge in [-0.15, -0.1) is 0 Å². The Morgan fingerprint density at radius 1 is 1.25 bits per heavy atom. The van der Waals surface area contributed by atoms with Crippen LogP contribution < -0.4 is 5.32 Å². The Morgan fingerprint density at radius 2 is 2.04 bits per heavy atom. The van der Waals surface area contributed by atoms with Crippen molar-refractivity contribution >= 4 is 5.96 Å². The van der Waals surface area contributed by atoms with Gasteiger partial charge in [0.15, 0.2) is 5.96 Å². The number of hydrogen-bond acceptors (Lipinski definition) is 3. The first-order valence-corrected chi connectivity index (χ1v) is 9.17. The molecule has 2 fully saturated rings.